The number of aromatic nitrogens is 2. The maximum Gasteiger partial charge on any atom is 0.176 e. The highest BCUT2D eigenvalue weighted by atomic mass is 35.5. The van der Waals surface area contributed by atoms with Crippen LogP contribution in [0.5, 0.6) is 0 Å². The highest BCUT2D eigenvalue weighted by molar-refractivity contribution is 7.80. The molecular weight excluding hydrogens is 352 g/mol. The molecule has 1 heterocycles. The SMILES string of the molecule is CCc1ccc(NC(=S)Nc2ccn(Cc3ccc(Cl)cc3)n2)cc1. The van der Waals surface area contributed by atoms with Crippen molar-refractivity contribution >= 4 is 40.4 Å². The number of nitrogens with zero attached hydrogens (tertiary/aromatic N) is 2. The first-order valence-electron chi connectivity index (χ1n) is 8.07. The van der Waals surface area contributed by atoms with Gasteiger partial charge >= 0.3 is 0 Å². The van der Waals surface area contributed by atoms with Gasteiger partial charge in [-0.25, -0.2) is 0 Å². The lowest BCUT2D eigenvalue weighted by molar-refractivity contribution is 0.690. The van der Waals surface area contributed by atoms with Crippen LogP contribution in [0.1, 0.15) is 18.1 Å². The highest BCUT2D eigenvalue weighted by Crippen LogP contribution is 2.13. The monoisotopic (exact) mass is 370 g/mol. The Kier molecular flexibility index (Phi) is 5.68. The van der Waals surface area contributed by atoms with Crippen molar-refractivity contribution in [1.82, 2.24) is 9.78 Å². The molecule has 1 aromatic heterocycles. The lowest BCUT2D eigenvalue weighted by Crippen LogP contribution is -2.19. The fraction of sp³-hybridized carbons (Fsp3) is 0.158. The molecule has 25 heavy (non-hydrogen) atoms. The molecule has 0 aliphatic carbocycles. The zero-order valence-corrected chi connectivity index (χ0v) is 15.4. The van der Waals surface area contributed by atoms with Crippen LogP contribution < -0.4 is 10.6 Å². The average molecular weight is 371 g/mol. The van der Waals surface area contributed by atoms with E-state index in [9.17, 15) is 0 Å². The molecule has 0 amide bonds. The van der Waals surface area contributed by atoms with E-state index < -0.39 is 0 Å². The second kappa shape index (κ2) is 8.14. The molecule has 0 saturated heterocycles. The van der Waals surface area contributed by atoms with Crippen LogP contribution >= 0.6 is 23.8 Å². The molecule has 2 N–H and O–H groups in total. The third kappa shape index (κ3) is 5.05. The van der Waals surface area contributed by atoms with Crippen LogP contribution in [-0.4, -0.2) is 14.9 Å². The summed E-state index contributed by atoms with van der Waals surface area (Å²) in [5.41, 5.74) is 3.39. The average Bonchev–Trinajstić information content (AvgIpc) is 3.04. The van der Waals surface area contributed by atoms with Crippen molar-refractivity contribution in [3.05, 3.63) is 76.9 Å². The zero-order valence-electron chi connectivity index (χ0n) is 13.9. The maximum atomic E-state index is 5.91. The molecule has 0 saturated carbocycles. The summed E-state index contributed by atoms with van der Waals surface area (Å²) < 4.78 is 1.85. The molecule has 3 aromatic rings. The molecule has 4 nitrogen and oxygen atoms in total. The van der Waals surface area contributed by atoms with Crippen molar-refractivity contribution in [3.63, 3.8) is 0 Å². The van der Waals surface area contributed by atoms with E-state index in [1.165, 1.54) is 5.56 Å². The van der Waals surface area contributed by atoms with Gasteiger partial charge in [-0.1, -0.05) is 42.8 Å². The smallest absolute Gasteiger partial charge is 0.176 e. The number of aryl methyl sites for hydroxylation is 1. The summed E-state index contributed by atoms with van der Waals surface area (Å²) in [6, 6.07) is 17.8. The number of anilines is 2. The molecule has 2 aromatic carbocycles. The molecule has 0 fully saturated rings. The van der Waals surface area contributed by atoms with Gasteiger partial charge in [-0.3, -0.25) is 4.68 Å². The molecule has 0 aliphatic rings. The van der Waals surface area contributed by atoms with Crippen molar-refractivity contribution in [1.29, 1.82) is 0 Å². The molecule has 0 aliphatic heterocycles. The predicted molar refractivity (Wildman–Crippen MR) is 108 cm³/mol. The Morgan fingerprint density at radius 3 is 2.36 bits per heavy atom. The van der Waals surface area contributed by atoms with Gasteiger partial charge in [0.05, 0.1) is 6.54 Å². The van der Waals surface area contributed by atoms with Crippen molar-refractivity contribution in [2.24, 2.45) is 0 Å². The molecule has 0 atom stereocenters. The lowest BCUT2D eigenvalue weighted by Gasteiger charge is -2.09. The Morgan fingerprint density at radius 2 is 1.68 bits per heavy atom. The van der Waals surface area contributed by atoms with Crippen molar-refractivity contribution in [3.8, 4) is 0 Å². The van der Waals surface area contributed by atoms with Gasteiger partial charge in [0.25, 0.3) is 0 Å². The number of halogens is 1. The standard InChI is InChI=1S/C19H19ClN4S/c1-2-14-5-9-17(10-6-14)21-19(25)22-18-11-12-24(23-18)13-15-3-7-16(20)8-4-15/h3-12H,2,13H2,1H3,(H2,21,22,23,25). The van der Waals surface area contributed by atoms with E-state index in [4.69, 9.17) is 23.8 Å². The minimum atomic E-state index is 0.515. The minimum Gasteiger partial charge on any atom is -0.332 e. The number of rotatable bonds is 5. The molecule has 0 radical (unpaired) electrons. The molecule has 6 heteroatoms. The Morgan fingerprint density at radius 1 is 1.00 bits per heavy atom. The zero-order chi connectivity index (χ0) is 17.6. The van der Waals surface area contributed by atoms with E-state index in [2.05, 4.69) is 34.8 Å². The minimum absolute atomic E-state index is 0.515. The summed E-state index contributed by atoms with van der Waals surface area (Å²) in [6.45, 7) is 2.81. The Hall–Kier alpha value is -2.37. The van der Waals surface area contributed by atoms with Crippen molar-refractivity contribution in [2.45, 2.75) is 19.9 Å². The summed E-state index contributed by atoms with van der Waals surface area (Å²) >= 11 is 11.3. The first-order chi connectivity index (χ1) is 12.1. The second-order valence-corrected chi connectivity index (χ2v) is 6.50. The predicted octanol–water partition coefficient (Wildman–Crippen LogP) is 4.96. The van der Waals surface area contributed by atoms with E-state index in [0.717, 1.165) is 22.7 Å². The van der Waals surface area contributed by atoms with E-state index in [1.54, 1.807) is 0 Å². The van der Waals surface area contributed by atoms with Gasteiger partial charge < -0.3 is 10.6 Å². The Bertz CT molecular complexity index is 841. The van der Waals surface area contributed by atoms with Crippen LogP contribution in [0.4, 0.5) is 11.5 Å². The van der Waals surface area contributed by atoms with Crippen LogP contribution in [-0.2, 0) is 13.0 Å². The number of thiocarbonyl (C=S) groups is 1. The second-order valence-electron chi connectivity index (χ2n) is 5.65. The molecule has 128 valence electrons. The quantitative estimate of drug-likeness (QED) is 0.623. The van der Waals surface area contributed by atoms with Gasteiger partial charge in [-0.2, -0.15) is 5.10 Å². The van der Waals surface area contributed by atoms with Crippen LogP contribution in [0.25, 0.3) is 0 Å². The fourth-order valence-electron chi connectivity index (χ4n) is 2.40. The lowest BCUT2D eigenvalue weighted by atomic mass is 10.1. The van der Waals surface area contributed by atoms with E-state index in [0.29, 0.717) is 17.5 Å². The van der Waals surface area contributed by atoms with Crippen molar-refractivity contribution in [2.75, 3.05) is 10.6 Å². The number of hydrogen-bond donors (Lipinski definition) is 2. The summed E-state index contributed by atoms with van der Waals surface area (Å²) in [6.07, 6.45) is 2.93. The summed E-state index contributed by atoms with van der Waals surface area (Å²) in [7, 11) is 0. The molecular formula is C19H19ClN4S. The van der Waals surface area contributed by atoms with Gasteiger partial charge in [0.2, 0.25) is 0 Å². The first-order valence-corrected chi connectivity index (χ1v) is 8.86. The van der Waals surface area contributed by atoms with Crippen LogP contribution in [0.15, 0.2) is 60.8 Å². The Labute approximate surface area is 157 Å². The maximum absolute atomic E-state index is 5.91. The fourth-order valence-corrected chi connectivity index (χ4v) is 2.74. The molecule has 3 rings (SSSR count). The van der Waals surface area contributed by atoms with E-state index in [1.807, 2.05) is 53.3 Å². The van der Waals surface area contributed by atoms with Crippen molar-refractivity contribution < 1.29 is 0 Å². The third-order valence-electron chi connectivity index (χ3n) is 3.76. The van der Waals surface area contributed by atoms with Crippen LogP contribution in [0.2, 0.25) is 5.02 Å². The third-order valence-corrected chi connectivity index (χ3v) is 4.22. The highest BCUT2D eigenvalue weighted by Gasteiger charge is 2.03. The van der Waals surface area contributed by atoms with E-state index in [-0.39, 0.29) is 0 Å². The van der Waals surface area contributed by atoms with Gasteiger partial charge in [0.15, 0.2) is 10.9 Å². The first kappa shape index (κ1) is 17.5. The van der Waals surface area contributed by atoms with Crippen LogP contribution in [0.3, 0.4) is 0 Å². The van der Waals surface area contributed by atoms with Gasteiger partial charge in [-0.15, -0.1) is 0 Å². The van der Waals surface area contributed by atoms with Gasteiger partial charge in [0.1, 0.15) is 0 Å². The van der Waals surface area contributed by atoms with Crippen LogP contribution in [0, 0.1) is 0 Å². The Balaban J connectivity index is 1.56. The number of benzene rings is 2. The number of hydrogen-bond acceptors (Lipinski definition) is 2. The topological polar surface area (TPSA) is 41.9 Å². The largest absolute Gasteiger partial charge is 0.332 e. The summed E-state index contributed by atoms with van der Waals surface area (Å²) in [5, 5.41) is 12.0. The number of nitrogens with one attached hydrogen (secondary N) is 2. The normalized spacial score (nSPS) is 10.5. The molecule has 0 spiro atoms. The molecule has 0 unspecified atom stereocenters. The van der Waals surface area contributed by atoms with Gasteiger partial charge in [-0.05, 0) is 54.0 Å². The van der Waals surface area contributed by atoms with E-state index >= 15 is 0 Å². The molecule has 0 bridgehead atoms. The summed E-state index contributed by atoms with van der Waals surface area (Å²) in [5.74, 6) is 0.705. The summed E-state index contributed by atoms with van der Waals surface area (Å²) in [4.78, 5) is 0. The van der Waals surface area contributed by atoms with Gasteiger partial charge in [0, 0.05) is 23.0 Å².